The fourth-order valence-electron chi connectivity index (χ4n) is 2.45. The third-order valence-electron chi connectivity index (χ3n) is 3.82. The quantitative estimate of drug-likeness (QED) is 0.491. The van der Waals surface area contributed by atoms with E-state index in [2.05, 4.69) is 20.2 Å². The van der Waals surface area contributed by atoms with Gasteiger partial charge in [0.25, 0.3) is 0 Å². The van der Waals surface area contributed by atoms with Crippen LogP contribution in [0.2, 0.25) is 15.5 Å². The maximum Gasteiger partial charge on any atom is 0.224 e. The van der Waals surface area contributed by atoms with Gasteiger partial charge in [0.15, 0.2) is 5.65 Å². The molecule has 0 aromatic carbocycles. The molecule has 0 radical (unpaired) electrons. The van der Waals surface area contributed by atoms with E-state index in [1.54, 1.807) is 12.1 Å². The van der Waals surface area contributed by atoms with Gasteiger partial charge >= 0.3 is 0 Å². The van der Waals surface area contributed by atoms with Crippen LogP contribution < -0.4 is 4.74 Å². The molecular weight excluding hydrogens is 373 g/mol. The van der Waals surface area contributed by atoms with E-state index in [0.29, 0.717) is 22.1 Å². The Bertz CT molecular complexity index is 889. The monoisotopic (exact) mass is 383 g/mol. The van der Waals surface area contributed by atoms with Crippen molar-refractivity contribution in [2.24, 2.45) is 5.92 Å². The Labute approximate surface area is 152 Å². The van der Waals surface area contributed by atoms with Gasteiger partial charge in [-0.1, -0.05) is 23.2 Å². The summed E-state index contributed by atoms with van der Waals surface area (Å²) in [7, 11) is 0. The summed E-state index contributed by atoms with van der Waals surface area (Å²) in [5, 5.41) is 9.16. The molecule has 1 aliphatic carbocycles. The van der Waals surface area contributed by atoms with Crippen LogP contribution in [0.5, 0.6) is 5.75 Å². The lowest BCUT2D eigenvalue weighted by atomic mass is 10.3. The summed E-state index contributed by atoms with van der Waals surface area (Å²) in [5.41, 5.74) is 1.15. The lowest BCUT2D eigenvalue weighted by Gasteiger charge is -2.09. The van der Waals surface area contributed by atoms with Crippen LogP contribution in [0.1, 0.15) is 24.4 Å². The van der Waals surface area contributed by atoms with Crippen molar-refractivity contribution in [3.05, 3.63) is 45.3 Å². The highest BCUT2D eigenvalue weighted by Crippen LogP contribution is 2.34. The molecule has 0 saturated heterocycles. The first-order valence-electron chi connectivity index (χ1n) is 7.44. The van der Waals surface area contributed by atoms with Gasteiger partial charge in [0.1, 0.15) is 28.4 Å². The highest BCUT2D eigenvalue weighted by Gasteiger charge is 2.24. The molecule has 6 nitrogen and oxygen atoms in total. The molecule has 0 aliphatic heterocycles. The fraction of sp³-hybridized carbons (Fsp3) is 0.333. The SMILES string of the molecule is Clc1cc(COc2ccn3c(CC4CC4)nnc3c2Cl)nc(Cl)n1. The third kappa shape index (κ3) is 3.27. The first kappa shape index (κ1) is 15.9. The van der Waals surface area contributed by atoms with Crippen molar-refractivity contribution >= 4 is 40.4 Å². The Balaban J connectivity index is 1.56. The van der Waals surface area contributed by atoms with E-state index in [9.17, 15) is 0 Å². The molecule has 0 amide bonds. The van der Waals surface area contributed by atoms with Crippen molar-refractivity contribution in [3.63, 3.8) is 0 Å². The Morgan fingerprint density at radius 2 is 2.00 bits per heavy atom. The predicted molar refractivity (Wildman–Crippen MR) is 90.8 cm³/mol. The molecule has 9 heteroatoms. The molecule has 24 heavy (non-hydrogen) atoms. The highest BCUT2D eigenvalue weighted by molar-refractivity contribution is 6.35. The van der Waals surface area contributed by atoms with Gasteiger partial charge in [0.05, 0.1) is 5.69 Å². The van der Waals surface area contributed by atoms with Crippen molar-refractivity contribution in [1.82, 2.24) is 24.6 Å². The second kappa shape index (κ2) is 6.35. The number of pyridine rings is 1. The lowest BCUT2D eigenvalue weighted by Crippen LogP contribution is -2.02. The number of halogens is 3. The average Bonchev–Trinajstić information content (AvgIpc) is 3.25. The summed E-state index contributed by atoms with van der Waals surface area (Å²) in [6.07, 6.45) is 5.31. The van der Waals surface area contributed by atoms with Crippen LogP contribution in [0.25, 0.3) is 5.65 Å². The van der Waals surface area contributed by atoms with Crippen LogP contribution in [0, 0.1) is 5.92 Å². The Hall–Kier alpha value is -1.63. The number of rotatable bonds is 5. The van der Waals surface area contributed by atoms with Gasteiger partial charge in [-0.25, -0.2) is 9.97 Å². The Morgan fingerprint density at radius 3 is 2.75 bits per heavy atom. The van der Waals surface area contributed by atoms with Gasteiger partial charge in [0, 0.05) is 18.7 Å². The summed E-state index contributed by atoms with van der Waals surface area (Å²) >= 11 is 18.0. The van der Waals surface area contributed by atoms with Gasteiger partial charge in [-0.05, 0) is 36.4 Å². The minimum Gasteiger partial charge on any atom is -0.486 e. The topological polar surface area (TPSA) is 65.2 Å². The molecule has 4 rings (SSSR count). The van der Waals surface area contributed by atoms with Gasteiger partial charge in [0.2, 0.25) is 5.28 Å². The van der Waals surface area contributed by atoms with E-state index in [-0.39, 0.29) is 17.0 Å². The maximum atomic E-state index is 6.40. The van der Waals surface area contributed by atoms with Crippen LogP contribution >= 0.6 is 34.8 Å². The molecule has 3 aromatic heterocycles. The minimum absolute atomic E-state index is 0.0739. The van der Waals surface area contributed by atoms with E-state index in [4.69, 9.17) is 39.5 Å². The fourth-order valence-corrected chi connectivity index (χ4v) is 3.14. The van der Waals surface area contributed by atoms with Crippen molar-refractivity contribution in [1.29, 1.82) is 0 Å². The third-order valence-corrected chi connectivity index (χ3v) is 4.54. The van der Waals surface area contributed by atoms with Crippen LogP contribution in [-0.4, -0.2) is 24.6 Å². The predicted octanol–water partition coefficient (Wildman–Crippen LogP) is 4.01. The first-order chi connectivity index (χ1) is 11.6. The van der Waals surface area contributed by atoms with E-state index in [1.165, 1.54) is 12.8 Å². The van der Waals surface area contributed by atoms with Gasteiger partial charge in [-0.15, -0.1) is 10.2 Å². The van der Waals surface area contributed by atoms with E-state index in [1.807, 2.05) is 10.6 Å². The molecule has 3 heterocycles. The van der Waals surface area contributed by atoms with Crippen molar-refractivity contribution in [2.75, 3.05) is 0 Å². The van der Waals surface area contributed by atoms with Crippen LogP contribution in [0.3, 0.4) is 0 Å². The lowest BCUT2D eigenvalue weighted by molar-refractivity contribution is 0.301. The number of fused-ring (bicyclic) bond motifs is 1. The largest absolute Gasteiger partial charge is 0.486 e. The normalized spacial score (nSPS) is 14.3. The van der Waals surface area contributed by atoms with Gasteiger partial charge in [-0.2, -0.15) is 0 Å². The van der Waals surface area contributed by atoms with E-state index < -0.39 is 0 Å². The summed E-state index contributed by atoms with van der Waals surface area (Å²) in [5.74, 6) is 2.15. The molecule has 3 aromatic rings. The number of nitrogens with zero attached hydrogens (tertiary/aromatic N) is 5. The van der Waals surface area contributed by atoms with Crippen LogP contribution in [-0.2, 0) is 13.0 Å². The number of hydrogen-bond acceptors (Lipinski definition) is 5. The van der Waals surface area contributed by atoms with E-state index >= 15 is 0 Å². The molecule has 0 spiro atoms. The molecule has 0 bridgehead atoms. The molecule has 0 atom stereocenters. The second-order valence-corrected chi connectivity index (χ2v) is 6.79. The summed E-state index contributed by atoms with van der Waals surface area (Å²) in [6, 6.07) is 3.38. The minimum atomic E-state index is 0.0739. The Kier molecular flexibility index (Phi) is 4.20. The second-order valence-electron chi connectivity index (χ2n) is 5.69. The number of aromatic nitrogens is 5. The molecule has 1 aliphatic rings. The molecule has 1 saturated carbocycles. The van der Waals surface area contributed by atoms with E-state index in [0.717, 1.165) is 18.2 Å². The van der Waals surface area contributed by atoms with Gasteiger partial charge in [-0.3, -0.25) is 4.40 Å². The zero-order valence-corrected chi connectivity index (χ0v) is 14.7. The summed E-state index contributed by atoms with van der Waals surface area (Å²) in [4.78, 5) is 7.85. The Morgan fingerprint density at radius 1 is 1.17 bits per heavy atom. The number of ether oxygens (including phenoxy) is 1. The molecule has 0 unspecified atom stereocenters. The van der Waals surface area contributed by atoms with Crippen molar-refractivity contribution in [3.8, 4) is 5.75 Å². The molecule has 0 N–H and O–H groups in total. The van der Waals surface area contributed by atoms with Gasteiger partial charge < -0.3 is 4.74 Å². The average molecular weight is 385 g/mol. The zero-order chi connectivity index (χ0) is 16.7. The summed E-state index contributed by atoms with van der Waals surface area (Å²) < 4.78 is 7.63. The van der Waals surface area contributed by atoms with Crippen LogP contribution in [0.15, 0.2) is 18.3 Å². The highest BCUT2D eigenvalue weighted by atomic mass is 35.5. The summed E-state index contributed by atoms with van der Waals surface area (Å²) in [6.45, 7) is 0.168. The van der Waals surface area contributed by atoms with Crippen molar-refractivity contribution < 1.29 is 4.74 Å². The molecular formula is C15H12Cl3N5O. The van der Waals surface area contributed by atoms with Crippen LogP contribution in [0.4, 0.5) is 0 Å². The zero-order valence-electron chi connectivity index (χ0n) is 12.4. The standard InChI is InChI=1S/C15H12Cl3N5O/c16-11-6-9(19-15(18)20-11)7-24-10-3-4-23-12(5-8-1-2-8)21-22-14(23)13(10)17/h3-4,6,8H,1-2,5,7H2. The molecule has 1 fully saturated rings. The molecule has 124 valence electrons. The number of hydrogen-bond donors (Lipinski definition) is 0. The van der Waals surface area contributed by atoms with Crippen molar-refractivity contribution in [2.45, 2.75) is 25.9 Å². The first-order valence-corrected chi connectivity index (χ1v) is 8.57. The maximum absolute atomic E-state index is 6.40. The smallest absolute Gasteiger partial charge is 0.224 e.